The minimum Gasteiger partial charge on any atom is -0.345 e. The molecule has 0 bridgehead atoms. The van der Waals surface area contributed by atoms with Gasteiger partial charge >= 0.3 is 0 Å². The van der Waals surface area contributed by atoms with E-state index in [-0.39, 0.29) is 24.4 Å². The van der Waals surface area contributed by atoms with Crippen LogP contribution in [-0.4, -0.2) is 29.3 Å². The highest BCUT2D eigenvalue weighted by Gasteiger charge is 2.43. The van der Waals surface area contributed by atoms with Crippen LogP contribution in [0.4, 0.5) is 0 Å². The van der Waals surface area contributed by atoms with Gasteiger partial charge in [-0.2, -0.15) is 0 Å². The lowest BCUT2D eigenvalue weighted by atomic mass is 9.99. The van der Waals surface area contributed by atoms with Crippen molar-refractivity contribution in [2.24, 2.45) is 5.92 Å². The first-order chi connectivity index (χ1) is 9.18. The Bertz CT molecular complexity index is 496. The largest absolute Gasteiger partial charge is 0.345 e. The summed E-state index contributed by atoms with van der Waals surface area (Å²) < 4.78 is 0. The molecule has 0 aromatic heterocycles. The van der Waals surface area contributed by atoms with Crippen molar-refractivity contribution in [1.29, 1.82) is 0 Å². The number of hydrogen-bond acceptors (Lipinski definition) is 2. The quantitative estimate of drug-likeness (QED) is 0.893. The van der Waals surface area contributed by atoms with E-state index in [1.807, 2.05) is 30.3 Å². The van der Waals surface area contributed by atoms with Crippen LogP contribution in [0.2, 0.25) is 0 Å². The van der Waals surface area contributed by atoms with E-state index in [1.165, 1.54) is 0 Å². The minimum atomic E-state index is -0.474. The molecule has 4 nitrogen and oxygen atoms in total. The fourth-order valence-electron chi connectivity index (χ4n) is 2.84. The van der Waals surface area contributed by atoms with E-state index in [4.69, 9.17) is 0 Å². The van der Waals surface area contributed by atoms with Crippen molar-refractivity contribution in [3.8, 4) is 0 Å². The maximum absolute atomic E-state index is 12.2. The highest BCUT2D eigenvalue weighted by molar-refractivity contribution is 5.95. The zero-order valence-corrected chi connectivity index (χ0v) is 11.0. The number of carbonyl (C=O) groups excluding carboxylic acids is 2. The average molecular weight is 258 g/mol. The standard InChI is InChI=1S/C15H18N2O2/c1-10(11-7-8-11)17-13(18)9-16-15(19)14(17)12-5-3-2-4-6-12/h2-6,10-11,14H,7-9H2,1H3,(H,16,19). The van der Waals surface area contributed by atoms with Gasteiger partial charge in [-0.15, -0.1) is 0 Å². The molecule has 2 fully saturated rings. The summed E-state index contributed by atoms with van der Waals surface area (Å²) in [6.07, 6.45) is 2.32. The number of amides is 2. The maximum Gasteiger partial charge on any atom is 0.247 e. The van der Waals surface area contributed by atoms with E-state index in [0.29, 0.717) is 5.92 Å². The molecule has 2 amide bonds. The normalized spacial score (nSPS) is 25.1. The summed E-state index contributed by atoms with van der Waals surface area (Å²) in [6.45, 7) is 2.18. The molecule has 2 atom stereocenters. The van der Waals surface area contributed by atoms with Crippen LogP contribution in [-0.2, 0) is 9.59 Å². The number of hydrogen-bond donors (Lipinski definition) is 1. The van der Waals surface area contributed by atoms with Crippen LogP contribution in [0.5, 0.6) is 0 Å². The first-order valence-electron chi connectivity index (χ1n) is 6.82. The predicted molar refractivity (Wildman–Crippen MR) is 71.2 cm³/mol. The molecule has 2 unspecified atom stereocenters. The smallest absolute Gasteiger partial charge is 0.247 e. The molecule has 19 heavy (non-hydrogen) atoms. The van der Waals surface area contributed by atoms with Gasteiger partial charge in [-0.05, 0) is 31.2 Å². The van der Waals surface area contributed by atoms with E-state index in [2.05, 4.69) is 12.2 Å². The van der Waals surface area contributed by atoms with Crippen LogP contribution in [0.15, 0.2) is 30.3 Å². The van der Waals surface area contributed by atoms with Crippen molar-refractivity contribution >= 4 is 11.8 Å². The SMILES string of the molecule is CC(C1CC1)N1C(=O)CNC(=O)C1c1ccccc1. The maximum atomic E-state index is 12.2. The molecule has 1 aromatic rings. The second kappa shape index (κ2) is 4.68. The van der Waals surface area contributed by atoms with Gasteiger partial charge in [-0.25, -0.2) is 0 Å². The van der Waals surface area contributed by atoms with Gasteiger partial charge in [-0.1, -0.05) is 30.3 Å². The third-order valence-electron chi connectivity index (χ3n) is 4.09. The van der Waals surface area contributed by atoms with Crippen LogP contribution < -0.4 is 5.32 Å². The fourth-order valence-corrected chi connectivity index (χ4v) is 2.84. The van der Waals surface area contributed by atoms with Gasteiger partial charge in [0.05, 0.1) is 6.54 Å². The van der Waals surface area contributed by atoms with Crippen LogP contribution in [0, 0.1) is 5.92 Å². The average Bonchev–Trinajstić information content (AvgIpc) is 3.26. The second-order valence-electron chi connectivity index (χ2n) is 5.41. The molecule has 0 radical (unpaired) electrons. The van der Waals surface area contributed by atoms with Crippen molar-refractivity contribution in [1.82, 2.24) is 10.2 Å². The molecule has 4 heteroatoms. The summed E-state index contributed by atoms with van der Waals surface area (Å²) in [4.78, 5) is 26.2. The summed E-state index contributed by atoms with van der Waals surface area (Å²) in [7, 11) is 0. The molecule has 0 spiro atoms. The Hall–Kier alpha value is -1.84. The van der Waals surface area contributed by atoms with E-state index in [9.17, 15) is 9.59 Å². The second-order valence-corrected chi connectivity index (χ2v) is 5.41. The molecule has 1 aliphatic carbocycles. The number of rotatable bonds is 3. The topological polar surface area (TPSA) is 49.4 Å². The Labute approximate surface area is 112 Å². The van der Waals surface area contributed by atoms with Crippen molar-refractivity contribution in [3.63, 3.8) is 0 Å². The molecule has 3 rings (SSSR count). The molecule has 1 N–H and O–H groups in total. The molecule has 1 saturated heterocycles. The van der Waals surface area contributed by atoms with Crippen molar-refractivity contribution in [2.45, 2.75) is 31.8 Å². The fraction of sp³-hybridized carbons (Fsp3) is 0.467. The summed E-state index contributed by atoms with van der Waals surface area (Å²) in [5.74, 6) is 0.507. The van der Waals surface area contributed by atoms with Crippen LogP contribution in [0.3, 0.4) is 0 Å². The molecule has 1 aliphatic heterocycles. The lowest BCUT2D eigenvalue weighted by molar-refractivity contribution is -0.148. The lowest BCUT2D eigenvalue weighted by Crippen LogP contribution is -2.56. The monoisotopic (exact) mass is 258 g/mol. The summed E-state index contributed by atoms with van der Waals surface area (Å²) in [5, 5.41) is 2.69. The third kappa shape index (κ3) is 2.23. The van der Waals surface area contributed by atoms with E-state index < -0.39 is 6.04 Å². The number of nitrogens with one attached hydrogen (secondary N) is 1. The van der Waals surface area contributed by atoms with Crippen molar-refractivity contribution in [2.75, 3.05) is 6.54 Å². The zero-order chi connectivity index (χ0) is 13.4. The van der Waals surface area contributed by atoms with Crippen LogP contribution in [0.25, 0.3) is 0 Å². The summed E-state index contributed by atoms with van der Waals surface area (Å²) in [6, 6.07) is 9.22. The molecular formula is C15H18N2O2. The van der Waals surface area contributed by atoms with Crippen molar-refractivity contribution < 1.29 is 9.59 Å². The molecule has 2 aliphatic rings. The third-order valence-corrected chi connectivity index (χ3v) is 4.09. The summed E-state index contributed by atoms with van der Waals surface area (Å²) in [5.41, 5.74) is 0.889. The highest BCUT2D eigenvalue weighted by atomic mass is 16.2. The Morgan fingerprint density at radius 3 is 2.53 bits per heavy atom. The number of piperazine rings is 1. The molecule has 100 valence electrons. The summed E-state index contributed by atoms with van der Waals surface area (Å²) >= 11 is 0. The van der Waals surface area contributed by atoms with Gasteiger partial charge < -0.3 is 10.2 Å². The van der Waals surface area contributed by atoms with E-state index in [1.54, 1.807) is 4.90 Å². The Morgan fingerprint density at radius 2 is 1.89 bits per heavy atom. The number of carbonyl (C=O) groups is 2. The predicted octanol–water partition coefficient (Wildman–Crippen LogP) is 1.48. The molecule has 1 aromatic carbocycles. The molecule has 1 saturated carbocycles. The Kier molecular flexibility index (Phi) is 3.01. The lowest BCUT2D eigenvalue weighted by Gasteiger charge is -2.39. The highest BCUT2D eigenvalue weighted by Crippen LogP contribution is 2.39. The van der Waals surface area contributed by atoms with Crippen molar-refractivity contribution in [3.05, 3.63) is 35.9 Å². The minimum absolute atomic E-state index is 0.0212. The Balaban J connectivity index is 1.95. The van der Waals surface area contributed by atoms with Gasteiger partial charge in [0.1, 0.15) is 6.04 Å². The van der Waals surface area contributed by atoms with Gasteiger partial charge in [0, 0.05) is 6.04 Å². The number of nitrogens with zero attached hydrogens (tertiary/aromatic N) is 1. The zero-order valence-electron chi connectivity index (χ0n) is 11.0. The van der Waals surface area contributed by atoms with Gasteiger partial charge in [-0.3, -0.25) is 9.59 Å². The molecule has 1 heterocycles. The van der Waals surface area contributed by atoms with E-state index in [0.717, 1.165) is 18.4 Å². The Morgan fingerprint density at radius 1 is 1.21 bits per heavy atom. The van der Waals surface area contributed by atoms with Gasteiger partial charge in [0.2, 0.25) is 11.8 Å². The first-order valence-corrected chi connectivity index (χ1v) is 6.82. The number of benzene rings is 1. The van der Waals surface area contributed by atoms with Gasteiger partial charge in [0.25, 0.3) is 0 Å². The van der Waals surface area contributed by atoms with Gasteiger partial charge in [0.15, 0.2) is 0 Å². The van der Waals surface area contributed by atoms with Crippen LogP contribution in [0.1, 0.15) is 31.4 Å². The first kappa shape index (κ1) is 12.2. The van der Waals surface area contributed by atoms with E-state index >= 15 is 0 Å². The molecular weight excluding hydrogens is 240 g/mol. The van der Waals surface area contributed by atoms with Crippen LogP contribution >= 0.6 is 0 Å².